The number of esters is 1. The Morgan fingerprint density at radius 1 is 1.14 bits per heavy atom. The fourth-order valence-corrected chi connectivity index (χ4v) is 2.92. The lowest BCUT2D eigenvalue weighted by Gasteiger charge is -2.18. The average molecular weight is 386 g/mol. The first-order valence-corrected chi connectivity index (χ1v) is 9.48. The first-order chi connectivity index (χ1) is 13.7. The molecule has 0 saturated heterocycles. The molecule has 2 aromatic rings. The standard InChI is InChI=1S/C22H26O6/c1-24-20-7-4-17(5-8-20)13-28-21-3-2-11-27-22(23)9-6-18-14-26-15-19(18)10-12-25-16-21/h4-5,7-8,10,12,14-15,21H,2-3,6,9,11,13,16H2,1H3/b12-10+. The minimum absolute atomic E-state index is 0.0998. The van der Waals surface area contributed by atoms with Gasteiger partial charge in [-0.3, -0.25) is 4.79 Å². The quantitative estimate of drug-likeness (QED) is 0.736. The summed E-state index contributed by atoms with van der Waals surface area (Å²) in [6, 6.07) is 7.77. The van der Waals surface area contributed by atoms with Crippen molar-refractivity contribution >= 4 is 12.0 Å². The average Bonchev–Trinajstić information content (AvgIpc) is 3.17. The van der Waals surface area contributed by atoms with Crippen molar-refractivity contribution in [3.8, 4) is 5.75 Å². The number of carbonyl (C=O) groups excluding carboxylic acids is 1. The predicted octanol–water partition coefficient (Wildman–Crippen LogP) is 4.13. The van der Waals surface area contributed by atoms with Crippen LogP contribution in [0.5, 0.6) is 5.75 Å². The second-order valence-corrected chi connectivity index (χ2v) is 6.63. The summed E-state index contributed by atoms with van der Waals surface area (Å²) in [6.45, 7) is 1.29. The van der Waals surface area contributed by atoms with Gasteiger partial charge in [0.05, 0.1) is 45.2 Å². The van der Waals surface area contributed by atoms with Crippen molar-refractivity contribution in [1.29, 1.82) is 0 Å². The third kappa shape index (κ3) is 6.16. The van der Waals surface area contributed by atoms with E-state index in [2.05, 4.69) is 0 Å². The van der Waals surface area contributed by atoms with Crippen LogP contribution in [0.3, 0.4) is 0 Å². The monoisotopic (exact) mass is 386 g/mol. The predicted molar refractivity (Wildman–Crippen MR) is 104 cm³/mol. The zero-order valence-electron chi connectivity index (χ0n) is 16.1. The Kier molecular flexibility index (Phi) is 7.55. The number of benzene rings is 1. The smallest absolute Gasteiger partial charge is 0.306 e. The highest BCUT2D eigenvalue weighted by Gasteiger charge is 2.13. The minimum atomic E-state index is -0.194. The van der Waals surface area contributed by atoms with E-state index in [4.69, 9.17) is 23.4 Å². The largest absolute Gasteiger partial charge is 0.498 e. The molecule has 1 aliphatic rings. The molecule has 1 atom stereocenters. The van der Waals surface area contributed by atoms with Gasteiger partial charge in [0, 0.05) is 12.0 Å². The fourth-order valence-electron chi connectivity index (χ4n) is 2.92. The Hall–Kier alpha value is -2.73. The van der Waals surface area contributed by atoms with Gasteiger partial charge >= 0.3 is 5.97 Å². The van der Waals surface area contributed by atoms with Gasteiger partial charge in [-0.1, -0.05) is 12.1 Å². The van der Waals surface area contributed by atoms with Crippen LogP contribution in [0.2, 0.25) is 0 Å². The second kappa shape index (κ2) is 10.6. The van der Waals surface area contributed by atoms with Gasteiger partial charge in [-0.2, -0.15) is 0 Å². The molecular formula is C22H26O6. The number of rotatable bonds is 4. The molecule has 28 heavy (non-hydrogen) atoms. The summed E-state index contributed by atoms with van der Waals surface area (Å²) in [5.41, 5.74) is 2.92. The first kappa shape index (κ1) is 20.0. The number of cyclic esters (lactones) is 1. The molecule has 2 heterocycles. The van der Waals surface area contributed by atoms with Crippen molar-refractivity contribution in [2.45, 2.75) is 38.4 Å². The molecule has 0 N–H and O–H groups in total. The SMILES string of the molecule is COc1ccc(COC2CCCOC(=O)CCc3cocc3/C=C/OC2)cc1. The minimum Gasteiger partial charge on any atom is -0.498 e. The molecule has 0 amide bonds. The number of carbonyl (C=O) groups is 1. The molecule has 0 aliphatic carbocycles. The third-order valence-electron chi connectivity index (χ3n) is 4.58. The van der Waals surface area contributed by atoms with Crippen molar-refractivity contribution in [2.75, 3.05) is 20.3 Å². The van der Waals surface area contributed by atoms with E-state index in [1.165, 1.54) is 0 Å². The van der Waals surface area contributed by atoms with Gasteiger partial charge in [-0.15, -0.1) is 0 Å². The van der Waals surface area contributed by atoms with Crippen LogP contribution < -0.4 is 4.74 Å². The summed E-state index contributed by atoms with van der Waals surface area (Å²) >= 11 is 0. The molecule has 1 unspecified atom stereocenters. The lowest BCUT2D eigenvalue weighted by atomic mass is 10.1. The molecule has 3 rings (SSSR count). The van der Waals surface area contributed by atoms with E-state index in [9.17, 15) is 4.79 Å². The molecule has 1 aliphatic heterocycles. The molecule has 6 heteroatoms. The number of methoxy groups -OCH3 is 1. The topological polar surface area (TPSA) is 67.1 Å². The Morgan fingerprint density at radius 2 is 2.00 bits per heavy atom. The normalized spacial score (nSPS) is 19.6. The number of aryl methyl sites for hydroxylation is 1. The van der Waals surface area contributed by atoms with Gasteiger partial charge in [0.25, 0.3) is 0 Å². The Bertz CT molecular complexity index is 762. The number of hydrogen-bond acceptors (Lipinski definition) is 6. The van der Waals surface area contributed by atoms with Gasteiger partial charge in [-0.05, 0) is 48.6 Å². The van der Waals surface area contributed by atoms with Crippen LogP contribution in [0.1, 0.15) is 36.0 Å². The molecule has 0 spiro atoms. The zero-order valence-corrected chi connectivity index (χ0v) is 16.1. The molecule has 150 valence electrons. The van der Waals surface area contributed by atoms with Gasteiger partial charge in [0.1, 0.15) is 12.4 Å². The van der Waals surface area contributed by atoms with Crippen LogP contribution in [0, 0.1) is 0 Å². The van der Waals surface area contributed by atoms with Crippen LogP contribution in [-0.4, -0.2) is 32.4 Å². The van der Waals surface area contributed by atoms with Crippen molar-refractivity contribution in [3.63, 3.8) is 0 Å². The molecule has 6 nitrogen and oxygen atoms in total. The van der Waals surface area contributed by atoms with Crippen molar-refractivity contribution in [1.82, 2.24) is 0 Å². The van der Waals surface area contributed by atoms with Crippen molar-refractivity contribution < 1.29 is 28.2 Å². The molecule has 0 saturated carbocycles. The lowest BCUT2D eigenvalue weighted by Crippen LogP contribution is -2.20. The molecule has 0 radical (unpaired) electrons. The van der Waals surface area contributed by atoms with Crippen LogP contribution in [0.25, 0.3) is 6.08 Å². The summed E-state index contributed by atoms with van der Waals surface area (Å²) in [7, 11) is 1.64. The van der Waals surface area contributed by atoms with E-state index in [1.807, 2.05) is 30.3 Å². The van der Waals surface area contributed by atoms with Crippen LogP contribution in [-0.2, 0) is 32.0 Å². The van der Waals surface area contributed by atoms with Crippen LogP contribution in [0.15, 0.2) is 47.5 Å². The highest BCUT2D eigenvalue weighted by molar-refractivity contribution is 5.70. The van der Waals surface area contributed by atoms with Crippen molar-refractivity contribution in [2.24, 2.45) is 0 Å². The van der Waals surface area contributed by atoms with Crippen LogP contribution >= 0.6 is 0 Å². The first-order valence-electron chi connectivity index (χ1n) is 9.48. The van der Waals surface area contributed by atoms with E-state index in [-0.39, 0.29) is 12.1 Å². The summed E-state index contributed by atoms with van der Waals surface area (Å²) in [6.07, 6.45) is 9.08. The Balaban J connectivity index is 1.58. The second-order valence-electron chi connectivity index (χ2n) is 6.63. The van der Waals surface area contributed by atoms with Gasteiger partial charge in [0.2, 0.25) is 0 Å². The zero-order chi connectivity index (χ0) is 19.6. The van der Waals surface area contributed by atoms with Gasteiger partial charge in [0.15, 0.2) is 0 Å². The van der Waals surface area contributed by atoms with E-state index in [0.717, 1.165) is 35.3 Å². The fraction of sp³-hybridized carbons (Fsp3) is 0.409. The third-order valence-corrected chi connectivity index (χ3v) is 4.58. The highest BCUT2D eigenvalue weighted by atomic mass is 16.5. The maximum Gasteiger partial charge on any atom is 0.306 e. The number of hydrogen-bond donors (Lipinski definition) is 0. The van der Waals surface area contributed by atoms with Crippen molar-refractivity contribution in [3.05, 3.63) is 59.7 Å². The molecule has 0 bridgehead atoms. The summed E-state index contributed by atoms with van der Waals surface area (Å²) in [4.78, 5) is 11.9. The van der Waals surface area contributed by atoms with E-state index < -0.39 is 0 Å². The highest BCUT2D eigenvalue weighted by Crippen LogP contribution is 2.17. The molecule has 0 fully saturated rings. The van der Waals surface area contributed by atoms with E-state index >= 15 is 0 Å². The van der Waals surface area contributed by atoms with Gasteiger partial charge in [-0.25, -0.2) is 0 Å². The summed E-state index contributed by atoms with van der Waals surface area (Å²) in [5, 5.41) is 0. The number of furan rings is 1. The number of ether oxygens (including phenoxy) is 4. The summed E-state index contributed by atoms with van der Waals surface area (Å²) in [5.74, 6) is 0.621. The molecule has 1 aromatic carbocycles. The molecule has 1 aromatic heterocycles. The maximum absolute atomic E-state index is 11.9. The Morgan fingerprint density at radius 3 is 2.82 bits per heavy atom. The van der Waals surface area contributed by atoms with Gasteiger partial charge < -0.3 is 23.4 Å². The lowest BCUT2D eigenvalue weighted by molar-refractivity contribution is -0.144. The maximum atomic E-state index is 11.9. The van der Waals surface area contributed by atoms with E-state index in [1.54, 1.807) is 25.9 Å². The van der Waals surface area contributed by atoms with E-state index in [0.29, 0.717) is 32.7 Å². The molecular weight excluding hydrogens is 360 g/mol. The Labute approximate surface area is 165 Å². The van der Waals surface area contributed by atoms with Crippen LogP contribution in [0.4, 0.5) is 0 Å². The number of fused-ring (bicyclic) bond motifs is 1. The summed E-state index contributed by atoms with van der Waals surface area (Å²) < 4.78 is 27.4.